The molecule has 0 radical (unpaired) electrons. The highest BCUT2D eigenvalue weighted by atomic mass is 79.9. The maximum Gasteiger partial charge on any atom is 0.300 e. The highest BCUT2D eigenvalue weighted by molar-refractivity contribution is 9.10. The van der Waals surface area contributed by atoms with Gasteiger partial charge in [-0.1, -0.05) is 46.3 Å². The van der Waals surface area contributed by atoms with Crippen molar-refractivity contribution < 1.29 is 24.9 Å². The number of Topliss-reactive ketones (excluding diaryl/α,β-unsaturated/α-hetero) is 1. The zero-order chi connectivity index (χ0) is 22.3. The Balaban J connectivity index is 1.97. The van der Waals surface area contributed by atoms with Gasteiger partial charge in [0.2, 0.25) is 0 Å². The normalized spacial score (nSPS) is 17.9. The zero-order valence-electron chi connectivity index (χ0n) is 16.4. The molecule has 31 heavy (non-hydrogen) atoms. The van der Waals surface area contributed by atoms with E-state index < -0.39 is 17.7 Å². The van der Waals surface area contributed by atoms with E-state index in [1.54, 1.807) is 55.5 Å². The lowest BCUT2D eigenvalue weighted by molar-refractivity contribution is -0.132. The van der Waals surface area contributed by atoms with Gasteiger partial charge in [-0.2, -0.15) is 0 Å². The van der Waals surface area contributed by atoms with Crippen molar-refractivity contribution in [3.05, 3.63) is 93.5 Å². The maximum absolute atomic E-state index is 13.1. The van der Waals surface area contributed by atoms with Gasteiger partial charge in [0.1, 0.15) is 17.3 Å². The number of nitrogens with zero attached hydrogens (tertiary/aromatic N) is 1. The molecule has 3 N–H and O–H groups in total. The molecule has 1 aliphatic heterocycles. The van der Waals surface area contributed by atoms with E-state index in [1.807, 2.05) is 0 Å². The Hall–Kier alpha value is -3.58. The van der Waals surface area contributed by atoms with E-state index in [-0.39, 0.29) is 28.5 Å². The lowest BCUT2D eigenvalue weighted by atomic mass is 9.95. The van der Waals surface area contributed by atoms with Crippen molar-refractivity contribution in [2.45, 2.75) is 13.0 Å². The number of halogens is 1. The van der Waals surface area contributed by atoms with E-state index in [1.165, 1.54) is 23.1 Å². The van der Waals surface area contributed by atoms with Crippen LogP contribution in [0.3, 0.4) is 0 Å². The molecular weight excluding hydrogens is 462 g/mol. The minimum Gasteiger partial charge on any atom is -0.508 e. The first kappa shape index (κ1) is 20.7. The number of rotatable bonds is 3. The van der Waals surface area contributed by atoms with Crippen LogP contribution in [0.15, 0.2) is 76.8 Å². The molecule has 156 valence electrons. The second-order valence-corrected chi connectivity index (χ2v) is 8.18. The molecule has 1 fully saturated rings. The Bertz CT molecular complexity index is 1220. The monoisotopic (exact) mass is 479 g/mol. The van der Waals surface area contributed by atoms with Gasteiger partial charge in [0.05, 0.1) is 17.3 Å². The number of phenolic OH excluding ortho intramolecular Hbond substituents is 2. The SMILES string of the molecule is Cc1ccc(O)c(N2C(=O)C(=O)/C(=C(/O)c3ccc(Br)cc3)C2c2ccc(O)cc2)c1. The summed E-state index contributed by atoms with van der Waals surface area (Å²) in [7, 11) is 0. The summed E-state index contributed by atoms with van der Waals surface area (Å²) in [6.45, 7) is 1.80. The van der Waals surface area contributed by atoms with Crippen molar-refractivity contribution in [1.29, 1.82) is 0 Å². The molecule has 1 heterocycles. The van der Waals surface area contributed by atoms with Crippen LogP contribution in [0.5, 0.6) is 11.5 Å². The number of anilines is 1. The summed E-state index contributed by atoms with van der Waals surface area (Å²) in [4.78, 5) is 27.3. The quantitative estimate of drug-likeness (QED) is 0.284. The van der Waals surface area contributed by atoms with Gasteiger partial charge in [-0.3, -0.25) is 14.5 Å². The molecule has 3 aromatic rings. The average Bonchev–Trinajstić information content (AvgIpc) is 3.01. The third-order valence-electron chi connectivity index (χ3n) is 5.16. The molecular formula is C24H18BrNO5. The molecule has 0 spiro atoms. The topological polar surface area (TPSA) is 98.1 Å². The molecule has 1 saturated heterocycles. The molecule has 0 saturated carbocycles. The van der Waals surface area contributed by atoms with E-state index in [2.05, 4.69) is 15.9 Å². The van der Waals surface area contributed by atoms with Crippen molar-refractivity contribution in [3.63, 3.8) is 0 Å². The molecule has 6 nitrogen and oxygen atoms in total. The molecule has 1 amide bonds. The Morgan fingerprint density at radius 2 is 1.58 bits per heavy atom. The van der Waals surface area contributed by atoms with Crippen LogP contribution in [0.25, 0.3) is 5.76 Å². The molecule has 1 atom stereocenters. The second kappa shape index (κ2) is 7.92. The second-order valence-electron chi connectivity index (χ2n) is 7.26. The number of aryl methyl sites for hydroxylation is 1. The number of amides is 1. The van der Waals surface area contributed by atoms with Crippen LogP contribution < -0.4 is 4.90 Å². The van der Waals surface area contributed by atoms with Crippen LogP contribution in [0.1, 0.15) is 22.7 Å². The number of phenols is 2. The minimum atomic E-state index is -0.989. The smallest absolute Gasteiger partial charge is 0.300 e. The molecule has 0 aromatic heterocycles. The first-order chi connectivity index (χ1) is 14.8. The van der Waals surface area contributed by atoms with Gasteiger partial charge in [0.25, 0.3) is 11.7 Å². The van der Waals surface area contributed by atoms with Crippen LogP contribution >= 0.6 is 15.9 Å². The maximum atomic E-state index is 13.1. The van der Waals surface area contributed by atoms with Crippen LogP contribution in [0.4, 0.5) is 5.69 Å². The zero-order valence-corrected chi connectivity index (χ0v) is 18.0. The van der Waals surface area contributed by atoms with Gasteiger partial charge in [0.15, 0.2) is 0 Å². The summed E-state index contributed by atoms with van der Waals surface area (Å²) >= 11 is 3.33. The minimum absolute atomic E-state index is 0.0204. The highest BCUT2D eigenvalue weighted by Gasteiger charge is 2.47. The molecule has 1 unspecified atom stereocenters. The lowest BCUT2D eigenvalue weighted by Crippen LogP contribution is -2.29. The Kier molecular flexibility index (Phi) is 5.29. The first-order valence-electron chi connectivity index (χ1n) is 9.43. The molecule has 3 aromatic carbocycles. The van der Waals surface area contributed by atoms with Gasteiger partial charge >= 0.3 is 0 Å². The molecule has 0 bridgehead atoms. The van der Waals surface area contributed by atoms with Gasteiger partial charge in [-0.05, 0) is 54.4 Å². The van der Waals surface area contributed by atoms with Gasteiger partial charge in [-0.25, -0.2) is 0 Å². The highest BCUT2D eigenvalue weighted by Crippen LogP contribution is 2.45. The summed E-state index contributed by atoms with van der Waals surface area (Å²) in [6.07, 6.45) is 0. The van der Waals surface area contributed by atoms with E-state index in [0.717, 1.165) is 10.0 Å². The van der Waals surface area contributed by atoms with Crippen LogP contribution in [-0.4, -0.2) is 27.0 Å². The lowest BCUT2D eigenvalue weighted by Gasteiger charge is -2.26. The fraction of sp³-hybridized carbons (Fsp3) is 0.0833. The number of aliphatic hydroxyl groups is 1. The number of carbonyl (C=O) groups excluding carboxylic acids is 2. The molecule has 1 aliphatic rings. The third-order valence-corrected chi connectivity index (χ3v) is 5.69. The standard InChI is InChI=1S/C24H18BrNO5/c1-13-2-11-19(28)18(12-13)26-21(14-5-9-17(27)10-6-14)20(23(30)24(26)31)22(29)15-3-7-16(25)8-4-15/h2-12,21,27-29H,1H3/b22-20+. The number of hydrogen-bond acceptors (Lipinski definition) is 5. The van der Waals surface area contributed by atoms with E-state index >= 15 is 0 Å². The third kappa shape index (κ3) is 3.68. The van der Waals surface area contributed by atoms with Crippen LogP contribution in [0.2, 0.25) is 0 Å². The van der Waals surface area contributed by atoms with Crippen molar-refractivity contribution in [2.75, 3.05) is 4.90 Å². The summed E-state index contributed by atoms with van der Waals surface area (Å²) in [5.41, 5.74) is 1.72. The Labute approximate surface area is 186 Å². The fourth-order valence-corrected chi connectivity index (χ4v) is 3.91. The largest absolute Gasteiger partial charge is 0.508 e. The fourth-order valence-electron chi connectivity index (χ4n) is 3.64. The van der Waals surface area contributed by atoms with E-state index in [0.29, 0.717) is 11.1 Å². The van der Waals surface area contributed by atoms with Gasteiger partial charge in [-0.15, -0.1) is 0 Å². The number of hydrogen-bond donors (Lipinski definition) is 3. The van der Waals surface area contributed by atoms with Crippen molar-refractivity contribution in [3.8, 4) is 11.5 Å². The predicted octanol–water partition coefficient (Wildman–Crippen LogP) is 4.80. The molecule has 4 rings (SSSR count). The summed E-state index contributed by atoms with van der Waals surface area (Å²) in [5, 5.41) is 31.2. The van der Waals surface area contributed by atoms with Gasteiger partial charge < -0.3 is 15.3 Å². The molecule has 7 heteroatoms. The first-order valence-corrected chi connectivity index (χ1v) is 10.2. The van der Waals surface area contributed by atoms with Crippen molar-refractivity contribution in [1.82, 2.24) is 0 Å². The number of carbonyl (C=O) groups is 2. The van der Waals surface area contributed by atoms with Crippen molar-refractivity contribution >= 4 is 39.1 Å². The van der Waals surface area contributed by atoms with E-state index in [9.17, 15) is 24.9 Å². The summed E-state index contributed by atoms with van der Waals surface area (Å²) in [6, 6.07) is 16.5. The van der Waals surface area contributed by atoms with Crippen molar-refractivity contribution in [2.24, 2.45) is 0 Å². The number of ketones is 1. The number of aliphatic hydroxyl groups excluding tert-OH is 1. The number of benzene rings is 3. The Morgan fingerprint density at radius 1 is 0.935 bits per heavy atom. The Morgan fingerprint density at radius 3 is 2.23 bits per heavy atom. The predicted molar refractivity (Wildman–Crippen MR) is 120 cm³/mol. The van der Waals surface area contributed by atoms with Gasteiger partial charge in [0, 0.05) is 10.0 Å². The van der Waals surface area contributed by atoms with Crippen LogP contribution in [-0.2, 0) is 9.59 Å². The summed E-state index contributed by atoms with van der Waals surface area (Å²) in [5.74, 6) is -2.19. The number of aromatic hydroxyl groups is 2. The molecule has 0 aliphatic carbocycles. The van der Waals surface area contributed by atoms with E-state index in [4.69, 9.17) is 0 Å². The average molecular weight is 480 g/mol. The van der Waals surface area contributed by atoms with Crippen LogP contribution in [0, 0.1) is 6.92 Å². The summed E-state index contributed by atoms with van der Waals surface area (Å²) < 4.78 is 0.796.